The zero-order valence-corrected chi connectivity index (χ0v) is 7.53. The molecule has 4 nitrogen and oxygen atoms in total. The fourth-order valence-electron chi connectivity index (χ4n) is 1.55. The minimum Gasteiger partial charge on any atom is -0.394 e. The lowest BCUT2D eigenvalue weighted by Gasteiger charge is -2.23. The van der Waals surface area contributed by atoms with Crippen LogP contribution in [0.2, 0.25) is 0 Å². The van der Waals surface area contributed by atoms with Crippen molar-refractivity contribution in [3.05, 3.63) is 17.7 Å². The Bertz CT molecular complexity index is 261. The predicted molar refractivity (Wildman–Crippen MR) is 49.2 cm³/mol. The van der Waals surface area contributed by atoms with Gasteiger partial charge in [0, 0.05) is 17.8 Å². The molecule has 0 aliphatic heterocycles. The second kappa shape index (κ2) is 3.47. The van der Waals surface area contributed by atoms with Crippen molar-refractivity contribution in [2.75, 3.05) is 6.61 Å². The highest BCUT2D eigenvalue weighted by molar-refractivity contribution is 5.11. The highest BCUT2D eigenvalue weighted by atomic mass is 16.3. The van der Waals surface area contributed by atoms with E-state index in [1.807, 2.05) is 6.20 Å². The Morgan fingerprint density at radius 2 is 2.46 bits per heavy atom. The number of aliphatic hydroxyl groups excluding tert-OH is 1. The first kappa shape index (κ1) is 8.72. The van der Waals surface area contributed by atoms with Crippen LogP contribution >= 0.6 is 0 Å². The molecule has 13 heavy (non-hydrogen) atoms. The summed E-state index contributed by atoms with van der Waals surface area (Å²) in [6.45, 7) is -0.0579. The average Bonchev–Trinajstić information content (AvgIpc) is 2.49. The highest BCUT2D eigenvalue weighted by Gasteiger charge is 2.22. The number of nitrogens with one attached hydrogen (secondary N) is 1. The van der Waals surface area contributed by atoms with Gasteiger partial charge >= 0.3 is 0 Å². The molecule has 0 radical (unpaired) electrons. The molecule has 0 bridgehead atoms. The van der Waals surface area contributed by atoms with Crippen LogP contribution in [-0.4, -0.2) is 21.7 Å². The number of rotatable bonds is 3. The molecular formula is C9H15N3O. The number of aliphatic hydroxyl groups is 1. The lowest BCUT2D eigenvalue weighted by molar-refractivity contribution is 0.263. The Hall–Kier alpha value is -0.870. The molecule has 1 aliphatic rings. The topological polar surface area (TPSA) is 74.9 Å². The summed E-state index contributed by atoms with van der Waals surface area (Å²) in [5, 5.41) is 8.82. The van der Waals surface area contributed by atoms with Crippen molar-refractivity contribution in [2.24, 2.45) is 5.73 Å². The van der Waals surface area contributed by atoms with Crippen molar-refractivity contribution in [3.8, 4) is 0 Å². The van der Waals surface area contributed by atoms with E-state index in [-0.39, 0.29) is 12.6 Å². The number of aromatic amines is 1. The van der Waals surface area contributed by atoms with Crippen molar-refractivity contribution in [3.63, 3.8) is 0 Å². The molecule has 1 aromatic rings. The minimum atomic E-state index is -0.367. The maximum absolute atomic E-state index is 8.82. The molecular weight excluding hydrogens is 166 g/mol. The first-order valence-corrected chi connectivity index (χ1v) is 4.72. The number of nitrogens with two attached hydrogens (primary N) is 1. The monoisotopic (exact) mass is 181 g/mol. The lowest BCUT2D eigenvalue weighted by atomic mass is 9.83. The van der Waals surface area contributed by atoms with Crippen molar-refractivity contribution in [2.45, 2.75) is 31.2 Å². The van der Waals surface area contributed by atoms with Gasteiger partial charge in [-0.05, 0) is 12.8 Å². The molecule has 1 aromatic heterocycles. The minimum absolute atomic E-state index is 0.0579. The van der Waals surface area contributed by atoms with Crippen molar-refractivity contribution in [1.82, 2.24) is 9.97 Å². The predicted octanol–water partition coefficient (Wildman–Crippen LogP) is 0.669. The van der Waals surface area contributed by atoms with Crippen LogP contribution in [0, 0.1) is 0 Å². The van der Waals surface area contributed by atoms with E-state index in [1.165, 1.54) is 25.0 Å². The van der Waals surface area contributed by atoms with Crippen LogP contribution in [0.5, 0.6) is 0 Å². The Morgan fingerprint density at radius 3 is 3.00 bits per heavy atom. The van der Waals surface area contributed by atoms with Gasteiger partial charge in [-0.1, -0.05) is 6.42 Å². The van der Waals surface area contributed by atoms with Crippen molar-refractivity contribution >= 4 is 0 Å². The van der Waals surface area contributed by atoms with Gasteiger partial charge in [0.05, 0.1) is 12.6 Å². The third kappa shape index (κ3) is 1.59. The van der Waals surface area contributed by atoms with Crippen LogP contribution in [0.25, 0.3) is 0 Å². The molecule has 0 spiro atoms. The van der Waals surface area contributed by atoms with Crippen LogP contribution in [0.15, 0.2) is 6.20 Å². The molecule has 1 atom stereocenters. The first-order chi connectivity index (χ1) is 6.31. The molecule has 1 heterocycles. The number of hydrogen-bond acceptors (Lipinski definition) is 3. The normalized spacial score (nSPS) is 19.8. The number of imidazole rings is 1. The van der Waals surface area contributed by atoms with Gasteiger partial charge in [-0.3, -0.25) is 0 Å². The second-order valence-corrected chi connectivity index (χ2v) is 3.64. The van der Waals surface area contributed by atoms with Crippen molar-refractivity contribution < 1.29 is 5.11 Å². The smallest absolute Gasteiger partial charge is 0.125 e. The fraction of sp³-hybridized carbons (Fsp3) is 0.667. The van der Waals surface area contributed by atoms with Gasteiger partial charge in [0.15, 0.2) is 0 Å². The van der Waals surface area contributed by atoms with Crippen LogP contribution in [-0.2, 0) is 0 Å². The first-order valence-electron chi connectivity index (χ1n) is 4.72. The molecule has 4 N–H and O–H groups in total. The van der Waals surface area contributed by atoms with Gasteiger partial charge in [0.25, 0.3) is 0 Å². The molecule has 2 rings (SSSR count). The summed E-state index contributed by atoms with van der Waals surface area (Å²) >= 11 is 0. The van der Waals surface area contributed by atoms with E-state index in [9.17, 15) is 0 Å². The van der Waals surface area contributed by atoms with E-state index in [4.69, 9.17) is 10.8 Å². The van der Waals surface area contributed by atoms with Gasteiger partial charge in [0.2, 0.25) is 0 Å². The summed E-state index contributed by atoms with van der Waals surface area (Å²) in [5.41, 5.74) is 6.79. The van der Waals surface area contributed by atoms with E-state index in [0.29, 0.717) is 11.7 Å². The average molecular weight is 181 g/mol. The summed E-state index contributed by atoms with van der Waals surface area (Å²) in [6, 6.07) is -0.367. The Labute approximate surface area is 77.2 Å². The summed E-state index contributed by atoms with van der Waals surface area (Å²) in [6.07, 6.45) is 5.64. The zero-order valence-electron chi connectivity index (χ0n) is 7.53. The van der Waals surface area contributed by atoms with E-state index >= 15 is 0 Å². The Morgan fingerprint density at radius 1 is 1.69 bits per heavy atom. The van der Waals surface area contributed by atoms with Crippen LogP contribution in [0.3, 0.4) is 0 Å². The van der Waals surface area contributed by atoms with Gasteiger partial charge in [-0.25, -0.2) is 4.98 Å². The van der Waals surface area contributed by atoms with E-state index in [1.54, 1.807) is 0 Å². The largest absolute Gasteiger partial charge is 0.394 e. The maximum atomic E-state index is 8.82. The molecule has 72 valence electrons. The van der Waals surface area contributed by atoms with E-state index in [2.05, 4.69) is 9.97 Å². The number of nitrogens with zero attached hydrogens (tertiary/aromatic N) is 1. The number of hydrogen-bond donors (Lipinski definition) is 3. The molecule has 1 unspecified atom stereocenters. The number of H-pyrrole nitrogens is 1. The standard InChI is InChI=1S/C9H15N3O/c10-7(5-13)9-11-4-8(12-9)6-2-1-3-6/h4,6-7,13H,1-3,5,10H2,(H,11,12). The molecule has 0 amide bonds. The summed E-state index contributed by atoms with van der Waals surface area (Å²) in [4.78, 5) is 7.32. The van der Waals surface area contributed by atoms with E-state index in [0.717, 1.165) is 0 Å². The molecule has 1 aliphatic carbocycles. The zero-order chi connectivity index (χ0) is 9.26. The van der Waals surface area contributed by atoms with Crippen LogP contribution < -0.4 is 5.73 Å². The third-order valence-electron chi connectivity index (χ3n) is 2.71. The molecule has 0 saturated heterocycles. The summed E-state index contributed by atoms with van der Waals surface area (Å²) < 4.78 is 0. The van der Waals surface area contributed by atoms with Crippen LogP contribution in [0.1, 0.15) is 42.7 Å². The molecule has 1 fully saturated rings. The summed E-state index contributed by atoms with van der Waals surface area (Å²) in [7, 11) is 0. The maximum Gasteiger partial charge on any atom is 0.125 e. The fourth-order valence-corrected chi connectivity index (χ4v) is 1.55. The second-order valence-electron chi connectivity index (χ2n) is 3.64. The summed E-state index contributed by atoms with van der Waals surface area (Å²) in [5.74, 6) is 1.34. The molecule has 1 saturated carbocycles. The molecule has 0 aromatic carbocycles. The van der Waals surface area contributed by atoms with E-state index < -0.39 is 0 Å². The van der Waals surface area contributed by atoms with Gasteiger partial charge in [0.1, 0.15) is 5.82 Å². The van der Waals surface area contributed by atoms with Crippen LogP contribution in [0.4, 0.5) is 0 Å². The lowest BCUT2D eigenvalue weighted by Crippen LogP contribution is -2.16. The van der Waals surface area contributed by atoms with Gasteiger partial charge < -0.3 is 15.8 Å². The highest BCUT2D eigenvalue weighted by Crippen LogP contribution is 2.35. The van der Waals surface area contributed by atoms with Gasteiger partial charge in [-0.2, -0.15) is 0 Å². The quantitative estimate of drug-likeness (QED) is 0.641. The van der Waals surface area contributed by atoms with Crippen molar-refractivity contribution in [1.29, 1.82) is 0 Å². The number of aromatic nitrogens is 2. The Balaban J connectivity index is 2.08. The molecule has 4 heteroatoms. The van der Waals surface area contributed by atoms with Gasteiger partial charge in [-0.15, -0.1) is 0 Å². The Kier molecular flexibility index (Phi) is 2.33. The SMILES string of the molecule is NC(CO)c1ncc(C2CCC2)[nH]1. The third-order valence-corrected chi connectivity index (χ3v) is 2.71.